The highest BCUT2D eigenvalue weighted by Crippen LogP contribution is 2.26. The van der Waals surface area contributed by atoms with Crippen LogP contribution < -0.4 is 10.2 Å². The predicted molar refractivity (Wildman–Crippen MR) is 107 cm³/mol. The number of para-hydroxylation sites is 1. The number of furan rings is 1. The summed E-state index contributed by atoms with van der Waals surface area (Å²) in [4.78, 5) is 11.8. The molecule has 7 heteroatoms. The Hall–Kier alpha value is -2.76. The lowest BCUT2D eigenvalue weighted by Crippen LogP contribution is -2.24. The molecule has 0 radical (unpaired) electrons. The van der Waals surface area contributed by atoms with Gasteiger partial charge in [-0.05, 0) is 42.8 Å². The number of aryl methyl sites for hydroxylation is 1. The summed E-state index contributed by atoms with van der Waals surface area (Å²) in [6.07, 6.45) is 1.41. The lowest BCUT2D eigenvalue weighted by atomic mass is 10.1. The van der Waals surface area contributed by atoms with Crippen molar-refractivity contribution in [1.82, 2.24) is 5.43 Å². The molecule has 0 saturated carbocycles. The van der Waals surface area contributed by atoms with Crippen LogP contribution in [0.5, 0.6) is 5.75 Å². The van der Waals surface area contributed by atoms with Gasteiger partial charge in [-0.2, -0.15) is 5.10 Å². The minimum atomic E-state index is -0.414. The maximum Gasteiger partial charge on any atom is 0.277 e. The summed E-state index contributed by atoms with van der Waals surface area (Å²) in [6.45, 7) is 1.73. The van der Waals surface area contributed by atoms with Gasteiger partial charge in [-0.3, -0.25) is 4.79 Å². The van der Waals surface area contributed by atoms with E-state index in [1.165, 1.54) is 6.21 Å². The maximum atomic E-state index is 11.8. The third-order valence-corrected chi connectivity index (χ3v) is 4.38. The van der Waals surface area contributed by atoms with Gasteiger partial charge in [0.1, 0.15) is 17.3 Å². The molecule has 0 spiro atoms. The molecule has 0 aliphatic heterocycles. The van der Waals surface area contributed by atoms with E-state index in [1.807, 2.05) is 31.2 Å². The summed E-state index contributed by atoms with van der Waals surface area (Å²) in [6, 6.07) is 16.2. The summed E-state index contributed by atoms with van der Waals surface area (Å²) in [7, 11) is 0. The standard InChI is InChI=1S/C20H16Cl2N2O3/c1-13-6-7-14(10-17(13)22)18-9-8-15(27-18)11-23-24-20(25)12-26-19-5-3-2-4-16(19)21/h2-11H,12H2,1H3,(H,24,25)/b23-11-. The van der Waals surface area contributed by atoms with Crippen molar-refractivity contribution in [3.63, 3.8) is 0 Å². The van der Waals surface area contributed by atoms with Crippen molar-refractivity contribution in [1.29, 1.82) is 0 Å². The zero-order chi connectivity index (χ0) is 19.2. The highest BCUT2D eigenvalue weighted by atomic mass is 35.5. The van der Waals surface area contributed by atoms with E-state index >= 15 is 0 Å². The monoisotopic (exact) mass is 402 g/mol. The topological polar surface area (TPSA) is 63.8 Å². The number of amides is 1. The second-order valence-electron chi connectivity index (χ2n) is 5.68. The van der Waals surface area contributed by atoms with Gasteiger partial charge in [0.2, 0.25) is 0 Å². The van der Waals surface area contributed by atoms with E-state index in [9.17, 15) is 4.79 Å². The lowest BCUT2D eigenvalue weighted by Gasteiger charge is -2.06. The van der Waals surface area contributed by atoms with Gasteiger partial charge in [-0.15, -0.1) is 0 Å². The molecule has 1 N–H and O–H groups in total. The molecule has 0 aliphatic carbocycles. The van der Waals surface area contributed by atoms with Crippen LogP contribution in [0.3, 0.4) is 0 Å². The van der Waals surface area contributed by atoms with Gasteiger partial charge in [0.25, 0.3) is 5.91 Å². The van der Waals surface area contributed by atoms with Gasteiger partial charge in [-0.1, -0.05) is 47.5 Å². The first kappa shape index (κ1) is 19.0. The molecule has 2 aromatic carbocycles. The SMILES string of the molecule is Cc1ccc(-c2ccc(/C=N\NC(=O)COc3ccccc3Cl)o2)cc1Cl. The molecule has 0 saturated heterocycles. The van der Waals surface area contributed by atoms with Crippen LogP contribution in [0.4, 0.5) is 0 Å². The highest BCUT2D eigenvalue weighted by Gasteiger charge is 2.07. The van der Waals surface area contributed by atoms with Crippen molar-refractivity contribution in [2.45, 2.75) is 6.92 Å². The number of nitrogens with one attached hydrogen (secondary N) is 1. The lowest BCUT2D eigenvalue weighted by molar-refractivity contribution is -0.123. The van der Waals surface area contributed by atoms with Crippen molar-refractivity contribution >= 4 is 35.3 Å². The van der Waals surface area contributed by atoms with E-state index in [0.717, 1.165) is 11.1 Å². The van der Waals surface area contributed by atoms with Crippen molar-refractivity contribution in [2.24, 2.45) is 5.10 Å². The molecule has 3 aromatic rings. The van der Waals surface area contributed by atoms with Crippen LogP contribution in [0.25, 0.3) is 11.3 Å². The molecule has 0 fully saturated rings. The van der Waals surface area contributed by atoms with E-state index in [1.54, 1.807) is 30.3 Å². The normalized spacial score (nSPS) is 10.9. The van der Waals surface area contributed by atoms with Gasteiger partial charge >= 0.3 is 0 Å². The van der Waals surface area contributed by atoms with Gasteiger partial charge < -0.3 is 9.15 Å². The minimum absolute atomic E-state index is 0.202. The third-order valence-electron chi connectivity index (χ3n) is 3.66. The Morgan fingerprint density at radius 1 is 1.15 bits per heavy atom. The zero-order valence-electron chi connectivity index (χ0n) is 14.4. The second-order valence-corrected chi connectivity index (χ2v) is 6.49. The van der Waals surface area contributed by atoms with Crippen LogP contribution >= 0.6 is 23.2 Å². The summed E-state index contributed by atoms with van der Waals surface area (Å²) in [5.41, 5.74) is 4.23. The van der Waals surface area contributed by atoms with Crippen LogP contribution in [-0.4, -0.2) is 18.7 Å². The van der Waals surface area contributed by atoms with Crippen LogP contribution in [0.1, 0.15) is 11.3 Å². The number of hydrogen-bond donors (Lipinski definition) is 1. The number of carbonyl (C=O) groups is 1. The molecule has 3 rings (SSSR count). The number of halogens is 2. The average Bonchev–Trinajstić information content (AvgIpc) is 3.12. The Labute approximate surface area is 166 Å². The van der Waals surface area contributed by atoms with Gasteiger partial charge in [-0.25, -0.2) is 5.43 Å². The molecule has 0 bridgehead atoms. The third kappa shape index (κ3) is 5.12. The number of rotatable bonds is 6. The zero-order valence-corrected chi connectivity index (χ0v) is 15.9. The smallest absolute Gasteiger partial charge is 0.277 e. The molecule has 1 amide bonds. The number of benzene rings is 2. The van der Waals surface area contributed by atoms with Gasteiger partial charge in [0.05, 0.1) is 11.2 Å². The molecule has 27 heavy (non-hydrogen) atoms. The van der Waals surface area contributed by atoms with E-state index in [2.05, 4.69) is 10.5 Å². The Bertz CT molecular complexity index is 983. The Balaban J connectivity index is 1.54. The Kier molecular flexibility index (Phi) is 6.16. The number of hydrogen-bond acceptors (Lipinski definition) is 4. The fraction of sp³-hybridized carbons (Fsp3) is 0.100. The number of hydrazone groups is 1. The first-order valence-electron chi connectivity index (χ1n) is 8.08. The average molecular weight is 403 g/mol. The van der Waals surface area contributed by atoms with Crippen molar-refractivity contribution < 1.29 is 13.9 Å². The van der Waals surface area contributed by atoms with E-state index < -0.39 is 5.91 Å². The molecule has 5 nitrogen and oxygen atoms in total. The summed E-state index contributed by atoms with van der Waals surface area (Å²) in [5.74, 6) is 1.18. The van der Waals surface area contributed by atoms with E-state index in [-0.39, 0.29) is 6.61 Å². The summed E-state index contributed by atoms with van der Waals surface area (Å²) >= 11 is 12.1. The fourth-order valence-electron chi connectivity index (χ4n) is 2.23. The van der Waals surface area contributed by atoms with Crippen molar-refractivity contribution in [3.05, 3.63) is 76.0 Å². The van der Waals surface area contributed by atoms with Gasteiger partial charge in [0.15, 0.2) is 6.61 Å². The number of ether oxygens (including phenoxy) is 1. The van der Waals surface area contributed by atoms with Crippen LogP contribution in [0.2, 0.25) is 10.0 Å². The van der Waals surface area contributed by atoms with Gasteiger partial charge in [0, 0.05) is 10.6 Å². The molecule has 138 valence electrons. The van der Waals surface area contributed by atoms with Crippen molar-refractivity contribution in [3.8, 4) is 17.1 Å². The molecule has 0 atom stereocenters. The fourth-order valence-corrected chi connectivity index (χ4v) is 2.60. The summed E-state index contributed by atoms with van der Waals surface area (Å²) < 4.78 is 11.0. The predicted octanol–water partition coefficient (Wildman–Crippen LogP) is 5.09. The second kappa shape index (κ2) is 8.75. The Morgan fingerprint density at radius 3 is 2.74 bits per heavy atom. The highest BCUT2D eigenvalue weighted by molar-refractivity contribution is 6.32. The molecule has 1 aromatic heterocycles. The molecular formula is C20H16Cl2N2O3. The first-order valence-corrected chi connectivity index (χ1v) is 8.84. The summed E-state index contributed by atoms with van der Waals surface area (Å²) in [5, 5.41) is 4.97. The van der Waals surface area contributed by atoms with Crippen molar-refractivity contribution in [2.75, 3.05) is 6.61 Å². The first-order chi connectivity index (χ1) is 13.0. The van der Waals surface area contributed by atoms with Crippen LogP contribution in [0.15, 0.2) is 64.1 Å². The van der Waals surface area contributed by atoms with E-state index in [0.29, 0.717) is 27.3 Å². The molecular weight excluding hydrogens is 387 g/mol. The van der Waals surface area contributed by atoms with E-state index in [4.69, 9.17) is 32.4 Å². The quantitative estimate of drug-likeness (QED) is 0.461. The van der Waals surface area contributed by atoms with Crippen LogP contribution in [0, 0.1) is 6.92 Å². The largest absolute Gasteiger partial charge is 0.482 e. The Morgan fingerprint density at radius 2 is 1.96 bits per heavy atom. The minimum Gasteiger partial charge on any atom is -0.482 e. The maximum absolute atomic E-state index is 11.8. The van der Waals surface area contributed by atoms with Crippen LogP contribution in [-0.2, 0) is 4.79 Å². The number of carbonyl (C=O) groups excluding carboxylic acids is 1. The number of nitrogens with zero attached hydrogens (tertiary/aromatic N) is 1. The molecule has 0 aliphatic rings. The molecule has 0 unspecified atom stereocenters. The molecule has 1 heterocycles.